The molecule has 0 saturated heterocycles. The molecule has 0 bridgehead atoms. The van der Waals surface area contributed by atoms with Crippen LogP contribution in [0, 0.1) is 11.7 Å². The van der Waals surface area contributed by atoms with Crippen LogP contribution in [0.5, 0.6) is 11.5 Å². The minimum atomic E-state index is -0.368. The highest BCUT2D eigenvalue weighted by atomic mass is 32.1. The van der Waals surface area contributed by atoms with E-state index in [0.717, 1.165) is 16.7 Å². The van der Waals surface area contributed by atoms with Crippen LogP contribution in [0.3, 0.4) is 0 Å². The number of hydrogen-bond acceptors (Lipinski definition) is 6. The summed E-state index contributed by atoms with van der Waals surface area (Å²) in [6.45, 7) is 2.12. The number of ether oxygens (including phenoxy) is 2. The number of benzene rings is 2. The first kappa shape index (κ1) is 19.5. The zero-order valence-electron chi connectivity index (χ0n) is 15.6. The first-order chi connectivity index (χ1) is 13.6. The minimum absolute atomic E-state index is 0.125. The van der Waals surface area contributed by atoms with Gasteiger partial charge in [0.15, 0.2) is 11.5 Å². The molecule has 2 aromatic carbocycles. The molecule has 0 spiro atoms. The Morgan fingerprint density at radius 2 is 2.00 bits per heavy atom. The van der Waals surface area contributed by atoms with Gasteiger partial charge in [0.2, 0.25) is 4.77 Å². The van der Waals surface area contributed by atoms with Gasteiger partial charge in [-0.05, 0) is 48.5 Å². The van der Waals surface area contributed by atoms with Gasteiger partial charge in [-0.1, -0.05) is 30.3 Å². The zero-order chi connectivity index (χ0) is 19.9. The SMILES string of the molecule is COc1cc(/C=N/n2c(=S)[nH]nc(C)c2=O)ccc1OCCc1ccccc1. The van der Waals surface area contributed by atoms with Crippen molar-refractivity contribution < 1.29 is 9.47 Å². The van der Waals surface area contributed by atoms with Gasteiger partial charge in [-0.15, -0.1) is 0 Å². The van der Waals surface area contributed by atoms with Gasteiger partial charge in [-0.25, -0.2) is 0 Å². The fraction of sp³-hybridized carbons (Fsp3) is 0.200. The van der Waals surface area contributed by atoms with Crippen LogP contribution in [0.1, 0.15) is 16.8 Å². The van der Waals surface area contributed by atoms with Gasteiger partial charge >= 0.3 is 0 Å². The van der Waals surface area contributed by atoms with Crippen LogP contribution in [-0.4, -0.2) is 34.8 Å². The van der Waals surface area contributed by atoms with Gasteiger partial charge in [0.25, 0.3) is 5.56 Å². The van der Waals surface area contributed by atoms with Crippen molar-refractivity contribution in [3.8, 4) is 11.5 Å². The zero-order valence-corrected chi connectivity index (χ0v) is 16.4. The molecule has 28 heavy (non-hydrogen) atoms. The van der Waals surface area contributed by atoms with Gasteiger partial charge in [0.1, 0.15) is 5.69 Å². The van der Waals surface area contributed by atoms with E-state index in [-0.39, 0.29) is 16.0 Å². The molecule has 3 aromatic rings. The summed E-state index contributed by atoms with van der Waals surface area (Å²) in [5, 5.41) is 10.5. The van der Waals surface area contributed by atoms with E-state index < -0.39 is 0 Å². The molecule has 7 nitrogen and oxygen atoms in total. The van der Waals surface area contributed by atoms with Crippen LogP contribution in [0.25, 0.3) is 0 Å². The third-order valence-electron chi connectivity index (χ3n) is 4.01. The summed E-state index contributed by atoms with van der Waals surface area (Å²) in [5.41, 5.74) is 1.86. The Labute approximate surface area is 167 Å². The van der Waals surface area contributed by atoms with Crippen molar-refractivity contribution in [1.82, 2.24) is 14.9 Å². The van der Waals surface area contributed by atoms with Crippen molar-refractivity contribution in [3.63, 3.8) is 0 Å². The molecule has 0 amide bonds. The Hall–Kier alpha value is -3.26. The summed E-state index contributed by atoms with van der Waals surface area (Å²) in [6.07, 6.45) is 2.33. The van der Waals surface area contributed by atoms with E-state index >= 15 is 0 Å². The second-order valence-electron chi connectivity index (χ2n) is 5.97. The highest BCUT2D eigenvalue weighted by molar-refractivity contribution is 7.71. The molecule has 0 aliphatic rings. The number of aryl methyl sites for hydroxylation is 1. The number of aromatic amines is 1. The molecule has 0 aliphatic carbocycles. The van der Waals surface area contributed by atoms with Crippen LogP contribution < -0.4 is 15.0 Å². The third kappa shape index (κ3) is 4.72. The van der Waals surface area contributed by atoms with E-state index in [1.165, 1.54) is 11.8 Å². The van der Waals surface area contributed by atoms with Gasteiger partial charge in [-0.2, -0.15) is 14.9 Å². The smallest absolute Gasteiger partial charge is 0.296 e. The average molecular weight is 396 g/mol. The standard InChI is InChI=1S/C20H20N4O3S/c1-14-19(25)24(20(28)23-22-14)21-13-16-8-9-17(18(12-16)26-2)27-11-10-15-6-4-3-5-7-15/h3-9,12-13H,10-11H2,1-2H3,(H,23,28)/b21-13+. The Bertz CT molecular complexity index is 1090. The fourth-order valence-corrected chi connectivity index (χ4v) is 2.68. The first-order valence-electron chi connectivity index (χ1n) is 8.66. The largest absolute Gasteiger partial charge is 0.493 e. The Balaban J connectivity index is 1.73. The fourth-order valence-electron chi connectivity index (χ4n) is 2.51. The van der Waals surface area contributed by atoms with Gasteiger partial charge in [0, 0.05) is 6.42 Å². The lowest BCUT2D eigenvalue weighted by molar-refractivity contribution is 0.297. The molecule has 1 aromatic heterocycles. The van der Waals surface area contributed by atoms with E-state index in [9.17, 15) is 4.79 Å². The van der Waals surface area contributed by atoms with Crippen LogP contribution in [0.15, 0.2) is 58.4 Å². The van der Waals surface area contributed by atoms with Crippen molar-refractivity contribution in [2.45, 2.75) is 13.3 Å². The Kier molecular flexibility index (Phi) is 6.33. The molecule has 3 rings (SSSR count). The van der Waals surface area contributed by atoms with Crippen molar-refractivity contribution in [1.29, 1.82) is 0 Å². The van der Waals surface area contributed by atoms with Crippen LogP contribution >= 0.6 is 12.2 Å². The van der Waals surface area contributed by atoms with Crippen molar-refractivity contribution >= 4 is 18.4 Å². The summed E-state index contributed by atoms with van der Waals surface area (Å²) >= 11 is 5.06. The second-order valence-corrected chi connectivity index (χ2v) is 6.36. The number of nitrogens with one attached hydrogen (secondary N) is 1. The molecule has 1 N–H and O–H groups in total. The average Bonchev–Trinajstić information content (AvgIpc) is 2.72. The van der Waals surface area contributed by atoms with Gasteiger partial charge in [0.05, 0.1) is 19.9 Å². The monoisotopic (exact) mass is 396 g/mol. The summed E-state index contributed by atoms with van der Waals surface area (Å²) in [4.78, 5) is 12.1. The molecule has 8 heteroatoms. The topological polar surface area (TPSA) is 81.5 Å². The lowest BCUT2D eigenvalue weighted by atomic mass is 10.2. The molecule has 0 radical (unpaired) electrons. The molecule has 144 valence electrons. The van der Waals surface area contributed by atoms with Gasteiger partial charge < -0.3 is 9.47 Å². The number of nitrogens with zero attached hydrogens (tertiary/aromatic N) is 3. The lowest BCUT2D eigenvalue weighted by Crippen LogP contribution is -2.22. The number of hydrogen-bond donors (Lipinski definition) is 1. The molecule has 0 fully saturated rings. The predicted octanol–water partition coefficient (Wildman–Crippen LogP) is 3.12. The summed E-state index contributed by atoms with van der Waals surface area (Å²) in [6, 6.07) is 15.6. The van der Waals surface area contributed by atoms with Crippen molar-refractivity contribution in [2.24, 2.45) is 5.10 Å². The van der Waals surface area contributed by atoms with Gasteiger partial charge in [-0.3, -0.25) is 9.89 Å². The number of H-pyrrole nitrogens is 1. The molecule has 0 unspecified atom stereocenters. The van der Waals surface area contributed by atoms with Crippen LogP contribution in [-0.2, 0) is 6.42 Å². The molecular weight excluding hydrogens is 376 g/mol. The Morgan fingerprint density at radius 3 is 2.75 bits per heavy atom. The van der Waals surface area contributed by atoms with Crippen molar-refractivity contribution in [3.05, 3.63) is 80.5 Å². The highest BCUT2D eigenvalue weighted by Gasteiger charge is 2.06. The quantitative estimate of drug-likeness (QED) is 0.490. The maximum Gasteiger partial charge on any atom is 0.296 e. The Morgan fingerprint density at radius 1 is 1.21 bits per heavy atom. The number of methoxy groups -OCH3 is 1. The number of aromatic nitrogens is 3. The van der Waals surface area contributed by atoms with E-state index in [2.05, 4.69) is 27.4 Å². The molecule has 1 heterocycles. The summed E-state index contributed by atoms with van der Waals surface area (Å²) < 4.78 is 12.5. The summed E-state index contributed by atoms with van der Waals surface area (Å²) in [7, 11) is 1.58. The van der Waals surface area contributed by atoms with E-state index in [1.807, 2.05) is 30.3 Å². The maximum absolute atomic E-state index is 12.1. The van der Waals surface area contributed by atoms with Crippen LogP contribution in [0.2, 0.25) is 0 Å². The van der Waals surface area contributed by atoms with Crippen molar-refractivity contribution in [2.75, 3.05) is 13.7 Å². The molecule has 0 aliphatic heterocycles. The van der Waals surface area contributed by atoms with Crippen LogP contribution in [0.4, 0.5) is 0 Å². The molecule has 0 atom stereocenters. The normalized spacial score (nSPS) is 10.9. The highest BCUT2D eigenvalue weighted by Crippen LogP contribution is 2.27. The molecular formula is C20H20N4O3S. The third-order valence-corrected chi connectivity index (χ3v) is 4.28. The number of rotatable bonds is 7. The minimum Gasteiger partial charge on any atom is -0.493 e. The van der Waals surface area contributed by atoms with E-state index in [0.29, 0.717) is 18.1 Å². The molecule has 0 saturated carbocycles. The van der Waals surface area contributed by atoms with E-state index in [1.54, 1.807) is 20.1 Å². The predicted molar refractivity (Wildman–Crippen MR) is 110 cm³/mol. The van der Waals surface area contributed by atoms with E-state index in [4.69, 9.17) is 21.7 Å². The second kappa shape index (κ2) is 9.09. The maximum atomic E-state index is 12.1. The first-order valence-corrected chi connectivity index (χ1v) is 9.07. The lowest BCUT2D eigenvalue weighted by Gasteiger charge is -2.11. The summed E-state index contributed by atoms with van der Waals surface area (Å²) in [5.74, 6) is 1.23.